The van der Waals surface area contributed by atoms with Crippen LogP contribution in [0, 0.1) is 11.6 Å². The second-order valence-corrected chi connectivity index (χ2v) is 4.61. The van der Waals surface area contributed by atoms with Crippen molar-refractivity contribution in [2.24, 2.45) is 0 Å². The van der Waals surface area contributed by atoms with Gasteiger partial charge in [-0.15, -0.1) is 0 Å². The summed E-state index contributed by atoms with van der Waals surface area (Å²) < 4.78 is 26.7. The Bertz CT molecular complexity index is 349. The first-order valence-corrected chi connectivity index (χ1v) is 6.40. The Balaban J connectivity index is 2.34. The lowest BCUT2D eigenvalue weighted by Gasteiger charge is -2.23. The van der Waals surface area contributed by atoms with Gasteiger partial charge in [0.05, 0.1) is 0 Å². The Kier molecular flexibility index (Phi) is 6.22. The van der Waals surface area contributed by atoms with Gasteiger partial charge in [-0.2, -0.15) is 0 Å². The van der Waals surface area contributed by atoms with Crippen molar-refractivity contribution >= 4 is 0 Å². The maximum absolute atomic E-state index is 13.3. The third-order valence-electron chi connectivity index (χ3n) is 3.35. The summed E-state index contributed by atoms with van der Waals surface area (Å²) in [4.78, 5) is 2.23. The van der Waals surface area contributed by atoms with Crippen molar-refractivity contribution in [1.82, 2.24) is 10.2 Å². The summed E-state index contributed by atoms with van der Waals surface area (Å²) in [5.74, 6) is -0.976. The lowest BCUT2D eigenvalue weighted by Crippen LogP contribution is -2.35. The summed E-state index contributed by atoms with van der Waals surface area (Å²) in [7, 11) is 2.06. The molecule has 1 N–H and O–H groups in total. The van der Waals surface area contributed by atoms with E-state index in [0.717, 1.165) is 13.0 Å². The SMILES string of the molecule is CCC(C)N(C)CCNCc1c(F)cccc1F. The third kappa shape index (κ3) is 4.35. The molecule has 0 amide bonds. The number of benzene rings is 1. The van der Waals surface area contributed by atoms with Gasteiger partial charge < -0.3 is 10.2 Å². The van der Waals surface area contributed by atoms with E-state index < -0.39 is 11.6 Å². The Morgan fingerprint density at radius 2 is 1.89 bits per heavy atom. The molecule has 1 aromatic carbocycles. The molecule has 0 heterocycles. The molecule has 0 aliphatic rings. The minimum atomic E-state index is -0.488. The molecule has 1 unspecified atom stereocenters. The van der Waals surface area contributed by atoms with E-state index in [-0.39, 0.29) is 12.1 Å². The van der Waals surface area contributed by atoms with Crippen LogP contribution in [0.4, 0.5) is 8.78 Å². The van der Waals surface area contributed by atoms with E-state index >= 15 is 0 Å². The van der Waals surface area contributed by atoms with Crippen molar-refractivity contribution in [2.45, 2.75) is 32.9 Å². The number of rotatable bonds is 7. The van der Waals surface area contributed by atoms with Gasteiger partial charge in [0.1, 0.15) is 11.6 Å². The maximum Gasteiger partial charge on any atom is 0.130 e. The van der Waals surface area contributed by atoms with Crippen molar-refractivity contribution < 1.29 is 8.78 Å². The fourth-order valence-electron chi connectivity index (χ4n) is 1.70. The van der Waals surface area contributed by atoms with Gasteiger partial charge in [0.25, 0.3) is 0 Å². The summed E-state index contributed by atoms with van der Waals surface area (Å²) in [6.45, 7) is 6.12. The predicted octanol–water partition coefficient (Wildman–Crippen LogP) is 2.78. The largest absolute Gasteiger partial charge is 0.311 e. The highest BCUT2D eigenvalue weighted by atomic mass is 19.1. The van der Waals surface area contributed by atoms with Crippen LogP contribution in [-0.4, -0.2) is 31.1 Å². The quantitative estimate of drug-likeness (QED) is 0.755. The fourth-order valence-corrected chi connectivity index (χ4v) is 1.70. The van der Waals surface area contributed by atoms with Gasteiger partial charge in [-0.1, -0.05) is 13.0 Å². The number of hydrogen-bond acceptors (Lipinski definition) is 2. The molecule has 0 radical (unpaired) electrons. The summed E-state index contributed by atoms with van der Waals surface area (Å²) in [6, 6.07) is 4.47. The molecular weight excluding hydrogens is 234 g/mol. The van der Waals surface area contributed by atoms with Gasteiger partial charge >= 0.3 is 0 Å². The van der Waals surface area contributed by atoms with Gasteiger partial charge in [0, 0.05) is 31.2 Å². The van der Waals surface area contributed by atoms with E-state index in [4.69, 9.17) is 0 Å². The molecule has 102 valence electrons. The molecule has 0 saturated carbocycles. The highest BCUT2D eigenvalue weighted by Crippen LogP contribution is 2.11. The molecule has 0 aromatic heterocycles. The van der Waals surface area contributed by atoms with E-state index in [1.54, 1.807) is 0 Å². The minimum Gasteiger partial charge on any atom is -0.311 e. The van der Waals surface area contributed by atoms with E-state index in [1.807, 2.05) is 0 Å². The molecule has 2 nitrogen and oxygen atoms in total. The number of halogens is 2. The van der Waals surface area contributed by atoms with Gasteiger partial charge in [-0.25, -0.2) is 8.78 Å². The van der Waals surface area contributed by atoms with E-state index in [1.165, 1.54) is 18.2 Å². The first kappa shape index (κ1) is 15.1. The lowest BCUT2D eigenvalue weighted by atomic mass is 10.2. The van der Waals surface area contributed by atoms with Crippen molar-refractivity contribution in [3.05, 3.63) is 35.4 Å². The number of nitrogens with zero attached hydrogens (tertiary/aromatic N) is 1. The van der Waals surface area contributed by atoms with Crippen LogP contribution < -0.4 is 5.32 Å². The highest BCUT2D eigenvalue weighted by molar-refractivity contribution is 5.19. The van der Waals surface area contributed by atoms with Gasteiger partial charge in [0.2, 0.25) is 0 Å². The van der Waals surface area contributed by atoms with Crippen LogP contribution in [0.1, 0.15) is 25.8 Å². The summed E-state index contributed by atoms with van der Waals surface area (Å²) in [5, 5.41) is 3.07. The molecular formula is C14H22F2N2. The standard InChI is InChI=1S/C14H22F2N2/c1-4-11(2)18(3)9-8-17-10-12-13(15)6-5-7-14(12)16/h5-7,11,17H,4,8-10H2,1-3H3. The molecule has 0 aliphatic heterocycles. The van der Waals surface area contributed by atoms with Crippen LogP contribution in [0.15, 0.2) is 18.2 Å². The normalized spacial score (nSPS) is 13.0. The summed E-state index contributed by atoms with van der Waals surface area (Å²) >= 11 is 0. The van der Waals surface area contributed by atoms with Crippen LogP contribution in [0.2, 0.25) is 0 Å². The molecule has 0 fully saturated rings. The first-order valence-electron chi connectivity index (χ1n) is 6.40. The van der Waals surface area contributed by atoms with Gasteiger partial charge in [0.15, 0.2) is 0 Å². The van der Waals surface area contributed by atoms with Crippen molar-refractivity contribution in [1.29, 1.82) is 0 Å². The third-order valence-corrected chi connectivity index (χ3v) is 3.35. The molecule has 1 aromatic rings. The molecule has 1 rings (SSSR count). The molecule has 0 bridgehead atoms. The number of likely N-dealkylation sites (N-methyl/N-ethyl adjacent to an activating group) is 1. The highest BCUT2D eigenvalue weighted by Gasteiger charge is 2.08. The summed E-state index contributed by atoms with van der Waals surface area (Å²) in [6.07, 6.45) is 1.10. The van der Waals surface area contributed by atoms with Crippen LogP contribution in [0.5, 0.6) is 0 Å². The van der Waals surface area contributed by atoms with Crippen LogP contribution in [-0.2, 0) is 6.54 Å². The van der Waals surface area contributed by atoms with Gasteiger partial charge in [-0.3, -0.25) is 0 Å². The van der Waals surface area contributed by atoms with Gasteiger partial charge in [-0.05, 0) is 32.5 Å². The second kappa shape index (κ2) is 7.44. The zero-order valence-electron chi connectivity index (χ0n) is 11.3. The van der Waals surface area contributed by atoms with Crippen molar-refractivity contribution in [3.63, 3.8) is 0 Å². The monoisotopic (exact) mass is 256 g/mol. The number of nitrogens with one attached hydrogen (secondary N) is 1. The second-order valence-electron chi connectivity index (χ2n) is 4.61. The Labute approximate surface area is 108 Å². The molecule has 0 saturated heterocycles. The van der Waals surface area contributed by atoms with E-state index in [9.17, 15) is 8.78 Å². The summed E-state index contributed by atoms with van der Waals surface area (Å²) in [5.41, 5.74) is 0.115. The molecule has 1 atom stereocenters. The predicted molar refractivity (Wildman–Crippen MR) is 70.4 cm³/mol. The Morgan fingerprint density at radius 1 is 1.28 bits per heavy atom. The van der Waals surface area contributed by atoms with Crippen molar-refractivity contribution in [2.75, 3.05) is 20.1 Å². The zero-order valence-corrected chi connectivity index (χ0v) is 11.3. The van der Waals surface area contributed by atoms with Crippen molar-refractivity contribution in [3.8, 4) is 0 Å². The smallest absolute Gasteiger partial charge is 0.130 e. The average molecular weight is 256 g/mol. The zero-order chi connectivity index (χ0) is 13.5. The van der Waals surface area contributed by atoms with Crippen LogP contribution in [0.25, 0.3) is 0 Å². The molecule has 0 aliphatic carbocycles. The van der Waals surface area contributed by atoms with Crippen LogP contribution >= 0.6 is 0 Å². The maximum atomic E-state index is 13.3. The molecule has 4 heteroatoms. The fraction of sp³-hybridized carbons (Fsp3) is 0.571. The minimum absolute atomic E-state index is 0.115. The van der Waals surface area contributed by atoms with Crippen LogP contribution in [0.3, 0.4) is 0 Å². The average Bonchev–Trinajstić information content (AvgIpc) is 2.36. The Hall–Kier alpha value is -1.00. The molecule has 0 spiro atoms. The van der Waals surface area contributed by atoms with E-state index in [0.29, 0.717) is 12.6 Å². The lowest BCUT2D eigenvalue weighted by molar-refractivity contribution is 0.251. The number of hydrogen-bond donors (Lipinski definition) is 1. The first-order chi connectivity index (χ1) is 8.56. The molecule has 18 heavy (non-hydrogen) atoms. The Morgan fingerprint density at radius 3 is 2.44 bits per heavy atom. The topological polar surface area (TPSA) is 15.3 Å². The van der Waals surface area contributed by atoms with E-state index in [2.05, 4.69) is 31.1 Å².